The Bertz CT molecular complexity index is 438. The van der Waals surface area contributed by atoms with Crippen LogP contribution in [0.1, 0.15) is 16.3 Å². The average Bonchev–Trinajstić information content (AvgIpc) is 2.40. The van der Waals surface area contributed by atoms with E-state index in [1.54, 1.807) is 13.0 Å². The van der Waals surface area contributed by atoms with Crippen LogP contribution in [0, 0.1) is 6.92 Å². The van der Waals surface area contributed by atoms with Gasteiger partial charge in [0.15, 0.2) is 0 Å². The molecule has 1 aromatic heterocycles. The molecule has 1 rings (SSSR count). The molecule has 0 unspecified atom stereocenters. The summed E-state index contributed by atoms with van der Waals surface area (Å²) in [6, 6.07) is 1.77. The highest BCUT2D eigenvalue weighted by molar-refractivity contribution is 5.85. The Labute approximate surface area is 119 Å². The summed E-state index contributed by atoms with van der Waals surface area (Å²) in [7, 11) is 5.30. The summed E-state index contributed by atoms with van der Waals surface area (Å²) in [5.41, 5.74) is 0.705. The quantitative estimate of drug-likeness (QED) is 0.551. The fourth-order valence-corrected chi connectivity index (χ4v) is 1.44. The van der Waals surface area contributed by atoms with E-state index in [1.165, 1.54) is 7.11 Å². The zero-order chi connectivity index (χ0) is 15.0. The number of hydrogen-bond donors (Lipinski definition) is 1. The SMILES string of the molecule is COC(=O)c1nc(C)cc(NCCOCCN(C)C)n1. The zero-order valence-electron chi connectivity index (χ0n) is 12.5. The molecular formula is C13H22N4O3. The number of likely N-dealkylation sites (N-methyl/N-ethyl adjacent to an activating group) is 1. The number of ether oxygens (including phenoxy) is 2. The van der Waals surface area contributed by atoms with Crippen molar-refractivity contribution < 1.29 is 14.3 Å². The van der Waals surface area contributed by atoms with Crippen LogP contribution in [0.15, 0.2) is 6.07 Å². The van der Waals surface area contributed by atoms with Gasteiger partial charge in [0, 0.05) is 24.8 Å². The largest absolute Gasteiger partial charge is 0.463 e. The number of esters is 1. The molecule has 20 heavy (non-hydrogen) atoms. The van der Waals surface area contributed by atoms with Crippen molar-refractivity contribution in [3.63, 3.8) is 0 Å². The van der Waals surface area contributed by atoms with Gasteiger partial charge in [-0.25, -0.2) is 14.8 Å². The fraction of sp³-hybridized carbons (Fsp3) is 0.615. The van der Waals surface area contributed by atoms with Crippen LogP contribution in [-0.4, -0.2) is 68.3 Å². The first-order valence-corrected chi connectivity index (χ1v) is 6.43. The van der Waals surface area contributed by atoms with Crippen molar-refractivity contribution in [2.75, 3.05) is 52.8 Å². The Balaban J connectivity index is 2.40. The molecule has 1 N–H and O–H groups in total. The Morgan fingerprint density at radius 3 is 2.75 bits per heavy atom. The van der Waals surface area contributed by atoms with E-state index in [2.05, 4.69) is 24.9 Å². The highest BCUT2D eigenvalue weighted by Gasteiger charge is 2.11. The molecule has 0 fully saturated rings. The smallest absolute Gasteiger partial charge is 0.376 e. The third-order valence-corrected chi connectivity index (χ3v) is 2.46. The standard InChI is InChI=1S/C13H22N4O3/c1-10-9-11(16-12(15-10)13(18)19-4)14-5-7-20-8-6-17(2)3/h9H,5-8H2,1-4H3,(H,14,15,16). The molecular weight excluding hydrogens is 260 g/mol. The molecule has 0 saturated heterocycles. The Morgan fingerprint density at radius 1 is 1.35 bits per heavy atom. The molecule has 0 radical (unpaired) electrons. The van der Waals surface area contributed by atoms with E-state index in [0.717, 1.165) is 6.54 Å². The van der Waals surface area contributed by atoms with Crippen molar-refractivity contribution in [3.8, 4) is 0 Å². The molecule has 7 heteroatoms. The van der Waals surface area contributed by atoms with Crippen LogP contribution in [-0.2, 0) is 9.47 Å². The minimum atomic E-state index is -0.543. The van der Waals surface area contributed by atoms with Crippen molar-refractivity contribution in [2.45, 2.75) is 6.92 Å². The van der Waals surface area contributed by atoms with E-state index < -0.39 is 5.97 Å². The molecule has 0 spiro atoms. The van der Waals surface area contributed by atoms with Crippen LogP contribution < -0.4 is 5.32 Å². The highest BCUT2D eigenvalue weighted by Crippen LogP contribution is 2.06. The van der Waals surface area contributed by atoms with Crippen molar-refractivity contribution in [2.24, 2.45) is 0 Å². The van der Waals surface area contributed by atoms with Crippen LogP contribution in [0.3, 0.4) is 0 Å². The number of hydrogen-bond acceptors (Lipinski definition) is 7. The molecule has 0 atom stereocenters. The lowest BCUT2D eigenvalue weighted by atomic mass is 10.4. The first-order valence-electron chi connectivity index (χ1n) is 6.43. The second-order valence-corrected chi connectivity index (χ2v) is 4.55. The fourth-order valence-electron chi connectivity index (χ4n) is 1.44. The number of rotatable bonds is 8. The molecule has 0 bridgehead atoms. The van der Waals surface area contributed by atoms with E-state index in [-0.39, 0.29) is 5.82 Å². The van der Waals surface area contributed by atoms with Gasteiger partial charge < -0.3 is 19.7 Å². The summed E-state index contributed by atoms with van der Waals surface area (Å²) < 4.78 is 10.1. The number of aromatic nitrogens is 2. The van der Waals surface area contributed by atoms with Gasteiger partial charge in [0.05, 0.1) is 20.3 Å². The number of carbonyl (C=O) groups excluding carboxylic acids is 1. The number of nitrogens with one attached hydrogen (secondary N) is 1. The molecule has 1 heterocycles. The van der Waals surface area contributed by atoms with Crippen molar-refractivity contribution in [3.05, 3.63) is 17.6 Å². The monoisotopic (exact) mass is 282 g/mol. The van der Waals surface area contributed by atoms with Gasteiger partial charge in [-0.3, -0.25) is 0 Å². The second-order valence-electron chi connectivity index (χ2n) is 4.55. The molecule has 112 valence electrons. The van der Waals surface area contributed by atoms with Gasteiger partial charge in [-0.15, -0.1) is 0 Å². The third kappa shape index (κ3) is 5.94. The van der Waals surface area contributed by atoms with Crippen LogP contribution in [0.4, 0.5) is 5.82 Å². The van der Waals surface area contributed by atoms with Gasteiger partial charge in [-0.1, -0.05) is 0 Å². The second kappa shape index (κ2) is 8.44. The summed E-state index contributed by atoms with van der Waals surface area (Å²) in [6.45, 7) is 4.56. The topological polar surface area (TPSA) is 76.6 Å². The van der Waals surface area contributed by atoms with Gasteiger partial charge in [-0.2, -0.15) is 0 Å². The number of anilines is 1. The number of aryl methyl sites for hydroxylation is 1. The summed E-state index contributed by atoms with van der Waals surface area (Å²) in [5, 5.41) is 3.10. The van der Waals surface area contributed by atoms with Crippen molar-refractivity contribution in [1.82, 2.24) is 14.9 Å². The van der Waals surface area contributed by atoms with Gasteiger partial charge in [-0.05, 0) is 21.0 Å². The van der Waals surface area contributed by atoms with E-state index in [4.69, 9.17) is 4.74 Å². The minimum Gasteiger partial charge on any atom is -0.463 e. The molecule has 0 aliphatic carbocycles. The Kier molecular flexibility index (Phi) is 6.89. The van der Waals surface area contributed by atoms with Crippen molar-refractivity contribution in [1.29, 1.82) is 0 Å². The lowest BCUT2D eigenvalue weighted by molar-refractivity contribution is 0.0586. The zero-order valence-corrected chi connectivity index (χ0v) is 12.5. The van der Waals surface area contributed by atoms with Gasteiger partial charge in [0.2, 0.25) is 5.82 Å². The molecule has 0 saturated carbocycles. The Hall–Kier alpha value is -1.73. The summed E-state index contributed by atoms with van der Waals surface area (Å²) in [5.74, 6) is 0.108. The normalized spacial score (nSPS) is 10.7. The number of carbonyl (C=O) groups is 1. The van der Waals surface area contributed by atoms with Gasteiger partial charge in [0.1, 0.15) is 5.82 Å². The number of methoxy groups -OCH3 is 1. The van der Waals surface area contributed by atoms with Crippen LogP contribution >= 0.6 is 0 Å². The molecule has 0 aliphatic rings. The maximum absolute atomic E-state index is 11.4. The van der Waals surface area contributed by atoms with E-state index >= 15 is 0 Å². The Morgan fingerprint density at radius 2 is 2.10 bits per heavy atom. The van der Waals surface area contributed by atoms with E-state index in [0.29, 0.717) is 31.3 Å². The summed E-state index contributed by atoms with van der Waals surface area (Å²) in [6.07, 6.45) is 0. The van der Waals surface area contributed by atoms with Crippen LogP contribution in [0.5, 0.6) is 0 Å². The highest BCUT2D eigenvalue weighted by atomic mass is 16.5. The molecule has 1 aromatic rings. The molecule has 0 aliphatic heterocycles. The van der Waals surface area contributed by atoms with Crippen LogP contribution in [0.25, 0.3) is 0 Å². The lowest BCUT2D eigenvalue weighted by Crippen LogP contribution is -2.20. The molecule has 0 amide bonds. The average molecular weight is 282 g/mol. The van der Waals surface area contributed by atoms with E-state index in [1.807, 2.05) is 14.1 Å². The predicted octanol–water partition coefficient (Wildman–Crippen LogP) is 0.562. The molecule has 0 aromatic carbocycles. The molecule has 7 nitrogen and oxygen atoms in total. The first kappa shape index (κ1) is 16.3. The van der Waals surface area contributed by atoms with Crippen molar-refractivity contribution >= 4 is 11.8 Å². The van der Waals surface area contributed by atoms with Gasteiger partial charge >= 0.3 is 5.97 Å². The maximum atomic E-state index is 11.4. The maximum Gasteiger partial charge on any atom is 0.376 e. The van der Waals surface area contributed by atoms with Crippen LogP contribution in [0.2, 0.25) is 0 Å². The van der Waals surface area contributed by atoms with Gasteiger partial charge in [0.25, 0.3) is 0 Å². The first-order chi connectivity index (χ1) is 9.52. The third-order valence-electron chi connectivity index (χ3n) is 2.46. The summed E-state index contributed by atoms with van der Waals surface area (Å²) in [4.78, 5) is 21.6. The number of nitrogens with zero attached hydrogens (tertiary/aromatic N) is 3. The minimum absolute atomic E-state index is 0.0588. The van der Waals surface area contributed by atoms with E-state index in [9.17, 15) is 4.79 Å². The summed E-state index contributed by atoms with van der Waals surface area (Å²) >= 11 is 0. The lowest BCUT2D eigenvalue weighted by Gasteiger charge is -2.11. The predicted molar refractivity (Wildman–Crippen MR) is 76.0 cm³/mol.